The first kappa shape index (κ1) is 42.4. The third-order valence-corrected chi connectivity index (χ3v) is 11.2. The van der Waals surface area contributed by atoms with Crippen molar-refractivity contribution in [2.75, 3.05) is 36.1 Å². The maximum absolute atomic E-state index is 14.1. The molecule has 6 rings (SSSR count). The summed E-state index contributed by atoms with van der Waals surface area (Å²) >= 11 is 0. The van der Waals surface area contributed by atoms with Crippen molar-refractivity contribution in [3.05, 3.63) is 137 Å². The Morgan fingerprint density at radius 1 is 0.950 bits per heavy atom. The second-order valence-corrected chi connectivity index (χ2v) is 15.6. The van der Waals surface area contributed by atoms with Crippen LogP contribution in [0.25, 0.3) is 10.9 Å². The Labute approximate surface area is 346 Å². The third kappa shape index (κ3) is 10.1. The molecule has 0 saturated carbocycles. The van der Waals surface area contributed by atoms with E-state index in [9.17, 15) is 33.0 Å². The number of benzene rings is 5. The number of sulfone groups is 1. The van der Waals surface area contributed by atoms with Gasteiger partial charge in [-0.2, -0.15) is 0 Å². The van der Waals surface area contributed by atoms with Gasteiger partial charge >= 0.3 is 0 Å². The molecule has 306 valence electrons. The van der Waals surface area contributed by atoms with Gasteiger partial charge in [0.25, 0.3) is 11.8 Å². The Morgan fingerprint density at radius 2 is 1.73 bits per heavy atom. The minimum absolute atomic E-state index is 0.0648. The lowest BCUT2D eigenvalue weighted by Gasteiger charge is -2.16. The van der Waals surface area contributed by atoms with Gasteiger partial charge in [0.15, 0.2) is 0 Å². The summed E-state index contributed by atoms with van der Waals surface area (Å²) in [6.45, 7) is 2.60. The summed E-state index contributed by atoms with van der Waals surface area (Å²) in [5.74, 6) is 5.41. The Balaban J connectivity index is 1.09. The van der Waals surface area contributed by atoms with E-state index in [1.165, 1.54) is 61.8 Å². The number of aromatic hydroxyl groups is 1. The zero-order chi connectivity index (χ0) is 42.8. The number of methoxy groups -OCH3 is 1. The Hall–Kier alpha value is -7.25. The monoisotopic (exact) mass is 826 g/mol. The number of aliphatic hydroxyl groups is 1. The average Bonchev–Trinajstić information content (AvgIpc) is 3.24. The largest absolute Gasteiger partial charge is 0.506 e. The number of carbonyl (C=O) groups excluding carboxylic acids is 3. The number of phenols is 1. The number of anilines is 4. The van der Waals surface area contributed by atoms with Gasteiger partial charge in [0, 0.05) is 53.1 Å². The molecule has 1 atom stereocenters. The summed E-state index contributed by atoms with van der Waals surface area (Å²) < 4.78 is 33.6. The molecule has 0 radical (unpaired) electrons. The minimum atomic E-state index is -4.18. The van der Waals surface area contributed by atoms with Crippen LogP contribution in [0.3, 0.4) is 0 Å². The van der Waals surface area contributed by atoms with Crippen molar-refractivity contribution in [3.8, 4) is 23.3 Å². The van der Waals surface area contributed by atoms with Crippen molar-refractivity contribution in [1.82, 2.24) is 10.3 Å². The number of rotatable bonds is 16. The molecule has 8 N–H and O–H groups in total. The second-order valence-electron chi connectivity index (χ2n) is 13.6. The number of nitrogens with two attached hydrogens (primary N) is 1. The van der Waals surface area contributed by atoms with E-state index >= 15 is 0 Å². The summed E-state index contributed by atoms with van der Waals surface area (Å²) in [7, 11) is -2.65. The predicted octanol–water partition coefficient (Wildman–Crippen LogP) is 6.21. The molecule has 15 heteroatoms. The molecule has 14 nitrogen and oxygen atoms in total. The number of hydrogen-bond donors (Lipinski definition) is 7. The number of pyridine rings is 1. The highest BCUT2D eigenvalue weighted by atomic mass is 32.2. The number of primary amides is 1. The first-order valence-corrected chi connectivity index (χ1v) is 20.2. The topological polar surface area (TPSA) is 222 Å². The number of nitrogens with one attached hydrogen (secondary N) is 4. The van der Waals surface area contributed by atoms with Crippen LogP contribution in [0.15, 0.2) is 119 Å². The van der Waals surface area contributed by atoms with E-state index < -0.39 is 27.8 Å². The number of nitrogens with zero attached hydrogens (tertiary/aromatic N) is 1. The van der Waals surface area contributed by atoms with E-state index in [0.29, 0.717) is 58.5 Å². The fourth-order valence-corrected chi connectivity index (χ4v) is 7.73. The number of amides is 3. The molecule has 0 aliphatic carbocycles. The van der Waals surface area contributed by atoms with E-state index in [1.807, 2.05) is 0 Å². The molecule has 3 amide bonds. The van der Waals surface area contributed by atoms with Crippen molar-refractivity contribution in [1.29, 1.82) is 0 Å². The van der Waals surface area contributed by atoms with E-state index in [2.05, 4.69) is 38.1 Å². The van der Waals surface area contributed by atoms with Crippen LogP contribution in [0.4, 0.5) is 22.7 Å². The number of aromatic nitrogens is 1. The molecule has 5 aromatic carbocycles. The van der Waals surface area contributed by atoms with Crippen molar-refractivity contribution in [3.63, 3.8) is 0 Å². The maximum atomic E-state index is 14.1. The molecule has 6 aromatic rings. The summed E-state index contributed by atoms with van der Waals surface area (Å²) in [6, 6.07) is 27.1. The third-order valence-electron chi connectivity index (χ3n) is 9.45. The molecule has 1 unspecified atom stereocenters. The molecule has 1 aromatic heterocycles. The van der Waals surface area contributed by atoms with Crippen LogP contribution >= 0.6 is 0 Å². The van der Waals surface area contributed by atoms with Crippen molar-refractivity contribution in [2.24, 2.45) is 5.73 Å². The summed E-state index contributed by atoms with van der Waals surface area (Å²) in [5.41, 5.74) is 9.77. The van der Waals surface area contributed by atoms with Crippen LogP contribution in [0.1, 0.15) is 56.4 Å². The van der Waals surface area contributed by atoms with Gasteiger partial charge in [0.2, 0.25) is 16.2 Å². The quantitative estimate of drug-likeness (QED) is 0.0252. The smallest absolute Gasteiger partial charge is 0.255 e. The second kappa shape index (κ2) is 19.0. The fraction of sp³-hybridized carbons (Fsp3) is 0.156. The average molecular weight is 827 g/mol. The van der Waals surface area contributed by atoms with Gasteiger partial charge in [-0.3, -0.25) is 19.4 Å². The highest BCUT2D eigenvalue weighted by Gasteiger charge is 2.23. The highest BCUT2D eigenvalue weighted by molar-refractivity contribution is 7.91. The van der Waals surface area contributed by atoms with E-state index in [-0.39, 0.29) is 44.6 Å². The van der Waals surface area contributed by atoms with Gasteiger partial charge in [0.05, 0.1) is 45.5 Å². The Kier molecular flexibility index (Phi) is 13.4. The predicted molar refractivity (Wildman–Crippen MR) is 229 cm³/mol. The minimum Gasteiger partial charge on any atom is -0.506 e. The van der Waals surface area contributed by atoms with Crippen molar-refractivity contribution in [2.45, 2.75) is 35.7 Å². The summed E-state index contributed by atoms with van der Waals surface area (Å²) in [6.07, 6.45) is 2.30. The van der Waals surface area contributed by atoms with Crippen LogP contribution in [0.5, 0.6) is 11.5 Å². The van der Waals surface area contributed by atoms with Gasteiger partial charge in [-0.25, -0.2) is 8.42 Å². The first-order valence-electron chi connectivity index (χ1n) is 18.7. The van der Waals surface area contributed by atoms with E-state index in [1.54, 1.807) is 61.5 Å². The van der Waals surface area contributed by atoms with Gasteiger partial charge in [-0.05, 0) is 110 Å². The summed E-state index contributed by atoms with van der Waals surface area (Å²) in [5, 5.41) is 32.1. The first-order chi connectivity index (χ1) is 28.9. The standard InChI is InChI=1S/C45H42N6O8S/c1-28-20-36(24-37-42(28)48-25-38(44(46)55)43(37)50-33-10-7-11-34(23-33)59-2)60(57,58)35-12-6-9-31(21-35)45(56)51-32-16-13-29(14-17-32)8-4-3-5-19-47-26-41(54)30-15-18-40(53)39(22-30)49-27-52/h6-7,9-18,20-25,27,41,47,53-54H,3,5,19,26H2,1-2H3,(H2,46,55)(H,48,50)(H,49,52)(H,51,56). The molecule has 0 saturated heterocycles. The van der Waals surface area contributed by atoms with Crippen LogP contribution in [0.2, 0.25) is 0 Å². The van der Waals surface area contributed by atoms with Crippen molar-refractivity contribution < 1.29 is 37.8 Å². The molecule has 0 aliphatic heterocycles. The molecule has 0 spiro atoms. The molecule has 0 bridgehead atoms. The van der Waals surface area contributed by atoms with Crippen LogP contribution < -0.4 is 31.7 Å². The molecule has 60 heavy (non-hydrogen) atoms. The molecular weight excluding hydrogens is 785 g/mol. The lowest BCUT2D eigenvalue weighted by molar-refractivity contribution is -0.105. The number of carbonyl (C=O) groups is 3. The zero-order valence-corrected chi connectivity index (χ0v) is 33.5. The van der Waals surface area contributed by atoms with Gasteiger partial charge in [-0.15, -0.1) is 0 Å². The van der Waals surface area contributed by atoms with Gasteiger partial charge < -0.3 is 42.0 Å². The number of hydrogen-bond acceptors (Lipinski definition) is 11. The maximum Gasteiger partial charge on any atom is 0.255 e. The fourth-order valence-electron chi connectivity index (χ4n) is 6.31. The van der Waals surface area contributed by atoms with Gasteiger partial charge in [-0.1, -0.05) is 30.0 Å². The molecule has 0 aliphatic rings. The summed E-state index contributed by atoms with van der Waals surface area (Å²) in [4.78, 5) is 40.8. The molecule has 0 fully saturated rings. The molecule has 1 heterocycles. The lowest BCUT2D eigenvalue weighted by atomic mass is 10.1. The number of phenolic OH excluding ortho intramolecular Hbond substituents is 1. The lowest BCUT2D eigenvalue weighted by Crippen LogP contribution is -2.22. The molecular formula is C45H42N6O8S. The number of unbranched alkanes of at least 4 members (excludes halogenated alkanes) is 1. The van der Waals surface area contributed by atoms with Gasteiger partial charge in [0.1, 0.15) is 11.5 Å². The number of aliphatic hydroxyl groups excluding tert-OH is 1. The zero-order valence-electron chi connectivity index (χ0n) is 32.7. The van der Waals surface area contributed by atoms with Crippen LogP contribution in [-0.4, -0.2) is 62.0 Å². The Morgan fingerprint density at radius 3 is 2.48 bits per heavy atom. The van der Waals surface area contributed by atoms with Crippen LogP contribution in [-0.2, 0) is 14.6 Å². The normalized spacial score (nSPS) is 11.5. The van der Waals surface area contributed by atoms with E-state index in [0.717, 1.165) is 12.0 Å². The number of aryl methyl sites for hydroxylation is 1. The van der Waals surface area contributed by atoms with Crippen LogP contribution in [0, 0.1) is 18.8 Å². The van der Waals surface area contributed by atoms with Crippen molar-refractivity contribution >= 4 is 61.7 Å². The Bertz CT molecular complexity index is 2750. The van der Waals surface area contributed by atoms with E-state index in [4.69, 9.17) is 10.5 Å². The number of ether oxygens (including phenoxy) is 1. The highest BCUT2D eigenvalue weighted by Crippen LogP contribution is 2.35. The SMILES string of the molecule is COc1cccc(Nc2c(C(N)=O)cnc3c(C)cc(S(=O)(=O)c4cccc(C(=O)Nc5ccc(C#CCCCNCC(O)c6ccc(O)c(NC=O)c6)cc5)c4)cc23)c1. The number of fused-ring (bicyclic) bond motifs is 1.